The van der Waals surface area contributed by atoms with E-state index in [1.807, 2.05) is 0 Å². The molecule has 0 bridgehead atoms. The number of carboxylic acid groups (broad SMARTS) is 1. The summed E-state index contributed by atoms with van der Waals surface area (Å²) in [4.78, 5) is 32.0. The maximum absolute atomic E-state index is 11.0. The second-order valence-corrected chi connectivity index (χ2v) is 3.29. The molecule has 8 heteroatoms. The molecule has 0 atom stereocenters. The highest BCUT2D eigenvalue weighted by atomic mass is 16.6. The first-order valence-electron chi connectivity index (χ1n) is 4.92. The summed E-state index contributed by atoms with van der Waals surface area (Å²) in [6.45, 7) is -0.180. The van der Waals surface area contributed by atoms with Gasteiger partial charge in [-0.2, -0.15) is 0 Å². The van der Waals surface area contributed by atoms with Crippen molar-refractivity contribution in [2.24, 2.45) is 0 Å². The van der Waals surface area contributed by atoms with Crippen molar-refractivity contribution in [2.75, 3.05) is 18.9 Å². The van der Waals surface area contributed by atoms with Crippen LogP contribution in [0.3, 0.4) is 0 Å². The van der Waals surface area contributed by atoms with Crippen molar-refractivity contribution in [2.45, 2.75) is 0 Å². The molecular formula is C10H11N3O5. The van der Waals surface area contributed by atoms with Gasteiger partial charge in [-0.25, -0.2) is 4.79 Å². The lowest BCUT2D eigenvalue weighted by Gasteiger charge is -2.07. The molecule has 0 saturated carbocycles. The summed E-state index contributed by atoms with van der Waals surface area (Å²) in [7, 11) is 1.42. The molecule has 0 heterocycles. The minimum Gasteiger partial charge on any atom is -0.477 e. The van der Waals surface area contributed by atoms with Crippen molar-refractivity contribution < 1.29 is 19.6 Å². The van der Waals surface area contributed by atoms with E-state index in [0.717, 1.165) is 6.07 Å². The lowest BCUT2D eigenvalue weighted by Crippen LogP contribution is -2.26. The van der Waals surface area contributed by atoms with Gasteiger partial charge in [0.2, 0.25) is 5.91 Å². The molecule has 0 fully saturated rings. The Morgan fingerprint density at radius 3 is 2.61 bits per heavy atom. The lowest BCUT2D eigenvalue weighted by molar-refractivity contribution is -0.384. The van der Waals surface area contributed by atoms with Gasteiger partial charge < -0.3 is 15.7 Å². The Labute approximate surface area is 102 Å². The number of nitrogens with one attached hydrogen (secondary N) is 2. The highest BCUT2D eigenvalue weighted by Crippen LogP contribution is 2.28. The molecule has 1 aromatic carbocycles. The zero-order chi connectivity index (χ0) is 13.7. The fraction of sp³-hybridized carbons (Fsp3) is 0.200. The van der Waals surface area contributed by atoms with Gasteiger partial charge in [-0.05, 0) is 12.1 Å². The maximum atomic E-state index is 11.0. The third-order valence-corrected chi connectivity index (χ3v) is 2.17. The number of nitro benzene ring substituents is 1. The Morgan fingerprint density at radius 1 is 1.44 bits per heavy atom. The van der Waals surface area contributed by atoms with E-state index in [-0.39, 0.29) is 18.1 Å². The molecule has 0 spiro atoms. The maximum Gasteiger partial charge on any atom is 0.342 e. The molecule has 0 unspecified atom stereocenters. The van der Waals surface area contributed by atoms with Gasteiger partial charge in [-0.15, -0.1) is 0 Å². The molecule has 0 radical (unpaired) electrons. The summed E-state index contributed by atoms with van der Waals surface area (Å²) >= 11 is 0. The van der Waals surface area contributed by atoms with Gasteiger partial charge in [0.15, 0.2) is 0 Å². The Balaban J connectivity index is 3.11. The van der Waals surface area contributed by atoms with Crippen molar-refractivity contribution >= 4 is 23.3 Å². The van der Waals surface area contributed by atoms with Crippen molar-refractivity contribution in [1.82, 2.24) is 5.32 Å². The number of anilines is 1. The number of benzene rings is 1. The molecule has 1 rings (SSSR count). The van der Waals surface area contributed by atoms with Crippen LogP contribution in [0.15, 0.2) is 18.2 Å². The third-order valence-electron chi connectivity index (χ3n) is 2.17. The van der Waals surface area contributed by atoms with Crippen LogP contribution in [0.1, 0.15) is 10.4 Å². The number of nitro groups is 1. The number of carbonyl (C=O) groups excluding carboxylic acids is 1. The van der Waals surface area contributed by atoms with E-state index in [0.29, 0.717) is 0 Å². The molecule has 8 nitrogen and oxygen atoms in total. The molecule has 1 amide bonds. The molecule has 96 valence electrons. The van der Waals surface area contributed by atoms with Crippen LogP contribution >= 0.6 is 0 Å². The minimum absolute atomic E-state index is 0.0106. The van der Waals surface area contributed by atoms with E-state index in [1.165, 1.54) is 19.2 Å². The van der Waals surface area contributed by atoms with E-state index in [9.17, 15) is 19.7 Å². The van der Waals surface area contributed by atoms with Crippen molar-refractivity contribution in [3.8, 4) is 0 Å². The van der Waals surface area contributed by atoms with Crippen molar-refractivity contribution in [3.05, 3.63) is 33.9 Å². The molecule has 1 aromatic rings. The van der Waals surface area contributed by atoms with Crippen LogP contribution in [0.2, 0.25) is 0 Å². The summed E-state index contributed by atoms with van der Waals surface area (Å²) in [5.41, 5.74) is -1.00. The van der Waals surface area contributed by atoms with Crippen LogP contribution in [-0.4, -0.2) is 35.5 Å². The summed E-state index contributed by atoms with van der Waals surface area (Å²) < 4.78 is 0. The second-order valence-electron chi connectivity index (χ2n) is 3.29. The first-order chi connectivity index (χ1) is 8.47. The first-order valence-corrected chi connectivity index (χ1v) is 4.92. The molecule has 3 N–H and O–H groups in total. The highest BCUT2D eigenvalue weighted by molar-refractivity contribution is 5.95. The Kier molecular flexibility index (Phi) is 4.19. The molecule has 0 aliphatic heterocycles. The normalized spacial score (nSPS) is 9.61. The number of amides is 1. The Hall–Kier alpha value is -2.64. The number of hydrogen-bond acceptors (Lipinski definition) is 5. The summed E-state index contributed by atoms with van der Waals surface area (Å²) in [5, 5.41) is 24.6. The van der Waals surface area contributed by atoms with Crippen LogP contribution in [0.25, 0.3) is 0 Å². The molecular weight excluding hydrogens is 242 g/mol. The second kappa shape index (κ2) is 5.62. The van der Waals surface area contributed by atoms with E-state index in [1.54, 1.807) is 0 Å². The number of likely N-dealkylation sites (N-methyl/N-ethyl adjacent to an activating group) is 1. The number of nitrogens with zero attached hydrogens (tertiary/aromatic N) is 1. The molecule has 0 aromatic heterocycles. The molecule has 0 saturated heterocycles. The van der Waals surface area contributed by atoms with Gasteiger partial charge in [0.05, 0.1) is 11.5 Å². The van der Waals surface area contributed by atoms with E-state index < -0.39 is 22.1 Å². The van der Waals surface area contributed by atoms with Crippen LogP contribution < -0.4 is 10.6 Å². The molecule has 0 aliphatic rings. The first kappa shape index (κ1) is 13.4. The average Bonchev–Trinajstić information content (AvgIpc) is 2.34. The highest BCUT2D eigenvalue weighted by Gasteiger charge is 2.24. The fourth-order valence-electron chi connectivity index (χ4n) is 1.32. The van der Waals surface area contributed by atoms with Crippen molar-refractivity contribution in [3.63, 3.8) is 0 Å². The number of carboxylic acids is 1. The predicted octanol–water partition coefficient (Wildman–Crippen LogP) is 0.451. The minimum atomic E-state index is -1.40. The third kappa shape index (κ3) is 2.94. The van der Waals surface area contributed by atoms with Gasteiger partial charge in [-0.1, -0.05) is 6.07 Å². The van der Waals surface area contributed by atoms with E-state index in [2.05, 4.69) is 10.6 Å². The van der Waals surface area contributed by atoms with Gasteiger partial charge in [-0.3, -0.25) is 14.9 Å². The van der Waals surface area contributed by atoms with Crippen molar-refractivity contribution in [1.29, 1.82) is 0 Å². The smallest absolute Gasteiger partial charge is 0.342 e. The largest absolute Gasteiger partial charge is 0.477 e. The topological polar surface area (TPSA) is 122 Å². The summed E-state index contributed by atoms with van der Waals surface area (Å²) in [5.74, 6) is -1.77. The zero-order valence-corrected chi connectivity index (χ0v) is 9.47. The van der Waals surface area contributed by atoms with Gasteiger partial charge in [0.1, 0.15) is 11.3 Å². The lowest BCUT2D eigenvalue weighted by atomic mass is 10.1. The van der Waals surface area contributed by atoms with Gasteiger partial charge >= 0.3 is 11.7 Å². The predicted molar refractivity (Wildman–Crippen MR) is 62.6 cm³/mol. The number of para-hydroxylation sites is 1. The Bertz CT molecular complexity index is 500. The number of carbonyl (C=O) groups is 2. The molecule has 18 heavy (non-hydrogen) atoms. The quantitative estimate of drug-likeness (QED) is 0.517. The zero-order valence-electron chi connectivity index (χ0n) is 9.47. The summed E-state index contributed by atoms with van der Waals surface area (Å²) in [6, 6.07) is 3.84. The number of rotatable bonds is 5. The monoisotopic (exact) mass is 253 g/mol. The molecule has 0 aliphatic carbocycles. The fourth-order valence-corrected chi connectivity index (χ4v) is 1.32. The van der Waals surface area contributed by atoms with Gasteiger partial charge in [0, 0.05) is 7.05 Å². The number of aromatic carboxylic acids is 1. The van der Waals surface area contributed by atoms with Crippen LogP contribution in [0.5, 0.6) is 0 Å². The van der Waals surface area contributed by atoms with E-state index in [4.69, 9.17) is 5.11 Å². The summed E-state index contributed by atoms with van der Waals surface area (Å²) in [6.07, 6.45) is 0. The van der Waals surface area contributed by atoms with Crippen LogP contribution in [-0.2, 0) is 4.79 Å². The Morgan fingerprint density at radius 2 is 2.11 bits per heavy atom. The standard InChI is InChI=1S/C10H11N3O5/c1-11-8(14)5-12-7-4-2-3-6(10(15)16)9(7)13(17)18/h2-4,12H,5H2,1H3,(H,11,14)(H,15,16). The van der Waals surface area contributed by atoms with Crippen LogP contribution in [0.4, 0.5) is 11.4 Å². The van der Waals surface area contributed by atoms with E-state index >= 15 is 0 Å². The van der Waals surface area contributed by atoms with Crippen LogP contribution in [0, 0.1) is 10.1 Å². The van der Waals surface area contributed by atoms with Gasteiger partial charge in [0.25, 0.3) is 0 Å². The SMILES string of the molecule is CNC(=O)CNc1cccc(C(=O)O)c1[N+](=O)[O-]. The average molecular weight is 253 g/mol. The number of hydrogen-bond donors (Lipinski definition) is 3.